The summed E-state index contributed by atoms with van der Waals surface area (Å²) in [5.74, 6) is -1.07. The molecular weight excluding hydrogens is 326 g/mol. The van der Waals surface area contributed by atoms with Crippen LogP contribution in [0.4, 0.5) is 5.13 Å². The Balaban J connectivity index is 1.60. The van der Waals surface area contributed by atoms with Crippen LogP contribution in [0.2, 0.25) is 0 Å². The van der Waals surface area contributed by atoms with Crippen LogP contribution in [0.5, 0.6) is 0 Å². The summed E-state index contributed by atoms with van der Waals surface area (Å²) in [6.07, 6.45) is 7.40. The van der Waals surface area contributed by atoms with Gasteiger partial charge >= 0.3 is 11.8 Å². The van der Waals surface area contributed by atoms with Crippen molar-refractivity contribution < 1.29 is 9.59 Å². The number of aryl methyl sites for hydroxylation is 2. The van der Waals surface area contributed by atoms with Crippen molar-refractivity contribution in [1.29, 1.82) is 0 Å². The molecule has 1 N–H and O–H groups in total. The van der Waals surface area contributed by atoms with E-state index in [0.29, 0.717) is 11.7 Å². The second-order valence-electron chi connectivity index (χ2n) is 5.95. The van der Waals surface area contributed by atoms with E-state index in [9.17, 15) is 9.59 Å². The Morgan fingerprint density at radius 1 is 1.42 bits per heavy atom. The molecule has 2 aromatic heterocycles. The normalized spacial score (nSPS) is 17.7. The van der Waals surface area contributed by atoms with Crippen molar-refractivity contribution in [2.45, 2.75) is 45.2 Å². The molecule has 128 valence electrons. The number of carbonyl (C=O) groups is 2. The summed E-state index contributed by atoms with van der Waals surface area (Å²) in [7, 11) is 0. The second kappa shape index (κ2) is 7.57. The highest BCUT2D eigenvalue weighted by atomic mass is 32.1. The summed E-state index contributed by atoms with van der Waals surface area (Å²) in [5.41, 5.74) is 0.831. The van der Waals surface area contributed by atoms with Crippen molar-refractivity contribution in [2.75, 3.05) is 11.9 Å². The van der Waals surface area contributed by atoms with Crippen molar-refractivity contribution in [3.05, 3.63) is 29.5 Å². The number of aromatic nitrogens is 3. The van der Waals surface area contributed by atoms with E-state index in [-0.39, 0.29) is 6.04 Å². The van der Waals surface area contributed by atoms with E-state index < -0.39 is 11.8 Å². The largest absolute Gasteiger partial charge is 0.331 e. The molecule has 1 fully saturated rings. The first-order chi connectivity index (χ1) is 11.6. The molecule has 7 nitrogen and oxygen atoms in total. The molecule has 1 aliphatic heterocycles. The van der Waals surface area contributed by atoms with Crippen molar-refractivity contribution >= 4 is 28.3 Å². The molecule has 1 saturated heterocycles. The SMILES string of the molecule is Cc1csc(NC(=O)C(=O)N2CCCC[C@@H]2CCn2cccn2)n1. The third-order valence-electron chi connectivity index (χ3n) is 4.17. The second-order valence-corrected chi connectivity index (χ2v) is 6.81. The van der Waals surface area contributed by atoms with Crippen LogP contribution in [-0.4, -0.2) is 44.1 Å². The number of thiazole rings is 1. The minimum atomic E-state index is -0.602. The number of rotatable bonds is 4. The minimum absolute atomic E-state index is 0.0826. The average molecular weight is 347 g/mol. The van der Waals surface area contributed by atoms with Crippen LogP contribution in [0.3, 0.4) is 0 Å². The van der Waals surface area contributed by atoms with Gasteiger partial charge in [-0.05, 0) is 38.7 Å². The van der Waals surface area contributed by atoms with Crippen molar-refractivity contribution in [2.24, 2.45) is 0 Å². The van der Waals surface area contributed by atoms with E-state index in [1.807, 2.05) is 29.2 Å². The molecule has 0 bridgehead atoms. The van der Waals surface area contributed by atoms with Gasteiger partial charge in [-0.2, -0.15) is 5.10 Å². The molecule has 8 heteroatoms. The number of likely N-dealkylation sites (tertiary alicyclic amines) is 1. The van der Waals surface area contributed by atoms with Crippen LogP contribution in [-0.2, 0) is 16.1 Å². The molecule has 2 aromatic rings. The summed E-state index contributed by atoms with van der Waals surface area (Å²) < 4.78 is 1.86. The Hall–Kier alpha value is -2.22. The van der Waals surface area contributed by atoms with Crippen molar-refractivity contribution in [1.82, 2.24) is 19.7 Å². The van der Waals surface area contributed by atoms with Crippen LogP contribution >= 0.6 is 11.3 Å². The monoisotopic (exact) mass is 347 g/mol. The molecule has 0 spiro atoms. The molecule has 24 heavy (non-hydrogen) atoms. The Kier molecular flexibility index (Phi) is 5.24. The molecule has 0 aliphatic carbocycles. The number of carbonyl (C=O) groups excluding carboxylic acids is 2. The number of hydrogen-bond acceptors (Lipinski definition) is 5. The molecule has 3 heterocycles. The first-order valence-corrected chi connectivity index (χ1v) is 9.03. The van der Waals surface area contributed by atoms with Gasteiger partial charge in [0.05, 0.1) is 5.69 Å². The highest BCUT2D eigenvalue weighted by Gasteiger charge is 2.30. The zero-order valence-electron chi connectivity index (χ0n) is 13.6. The lowest BCUT2D eigenvalue weighted by Crippen LogP contribution is -2.48. The van der Waals surface area contributed by atoms with E-state index in [2.05, 4.69) is 15.4 Å². The zero-order chi connectivity index (χ0) is 16.9. The Morgan fingerprint density at radius 2 is 2.29 bits per heavy atom. The number of nitrogens with one attached hydrogen (secondary N) is 1. The van der Waals surface area contributed by atoms with Crippen molar-refractivity contribution in [3.63, 3.8) is 0 Å². The predicted molar refractivity (Wildman–Crippen MR) is 91.7 cm³/mol. The molecule has 0 radical (unpaired) electrons. The first kappa shape index (κ1) is 16.6. The Morgan fingerprint density at radius 3 is 3.00 bits per heavy atom. The van der Waals surface area contributed by atoms with Crippen LogP contribution in [0, 0.1) is 6.92 Å². The van der Waals surface area contributed by atoms with Crippen LogP contribution in [0.1, 0.15) is 31.4 Å². The van der Waals surface area contributed by atoms with E-state index in [0.717, 1.165) is 37.9 Å². The fraction of sp³-hybridized carbons (Fsp3) is 0.500. The summed E-state index contributed by atoms with van der Waals surface area (Å²) >= 11 is 1.33. The van der Waals surface area contributed by atoms with Gasteiger partial charge in [-0.25, -0.2) is 4.98 Å². The van der Waals surface area contributed by atoms with Gasteiger partial charge in [0.2, 0.25) is 0 Å². The number of piperidine rings is 1. The highest BCUT2D eigenvalue weighted by Crippen LogP contribution is 2.21. The van der Waals surface area contributed by atoms with E-state index in [4.69, 9.17) is 0 Å². The third kappa shape index (κ3) is 4.00. The van der Waals surface area contributed by atoms with E-state index in [1.54, 1.807) is 11.1 Å². The van der Waals surface area contributed by atoms with Gasteiger partial charge in [-0.3, -0.25) is 19.6 Å². The lowest BCUT2D eigenvalue weighted by Gasteiger charge is -2.35. The van der Waals surface area contributed by atoms with Crippen molar-refractivity contribution in [3.8, 4) is 0 Å². The summed E-state index contributed by atoms with van der Waals surface area (Å²) in [5, 5.41) is 9.11. The fourth-order valence-corrected chi connectivity index (χ4v) is 3.66. The summed E-state index contributed by atoms with van der Waals surface area (Å²) in [4.78, 5) is 30.7. The van der Waals surface area contributed by atoms with Crippen LogP contribution in [0.25, 0.3) is 0 Å². The molecule has 0 saturated carbocycles. The fourth-order valence-electron chi connectivity index (χ4n) is 2.97. The summed E-state index contributed by atoms with van der Waals surface area (Å²) in [6.45, 7) is 3.23. The molecule has 0 unspecified atom stereocenters. The van der Waals surface area contributed by atoms with Gasteiger partial charge in [0, 0.05) is 36.9 Å². The molecular formula is C16H21N5O2S. The highest BCUT2D eigenvalue weighted by molar-refractivity contribution is 7.14. The number of anilines is 1. The summed E-state index contributed by atoms with van der Waals surface area (Å²) in [6, 6.07) is 1.96. The minimum Gasteiger partial charge on any atom is -0.331 e. The van der Waals surface area contributed by atoms with Crippen LogP contribution in [0.15, 0.2) is 23.8 Å². The number of hydrogen-bond donors (Lipinski definition) is 1. The Labute approximate surface area is 144 Å². The van der Waals surface area contributed by atoms with Gasteiger partial charge in [-0.15, -0.1) is 11.3 Å². The van der Waals surface area contributed by atoms with Gasteiger partial charge in [-0.1, -0.05) is 0 Å². The molecule has 3 rings (SSSR count). The van der Waals surface area contributed by atoms with Gasteiger partial charge in [0.25, 0.3) is 0 Å². The first-order valence-electron chi connectivity index (χ1n) is 8.15. The van der Waals surface area contributed by atoms with E-state index >= 15 is 0 Å². The molecule has 1 aliphatic rings. The predicted octanol–water partition coefficient (Wildman–Crippen LogP) is 2.06. The third-order valence-corrected chi connectivity index (χ3v) is 5.05. The quantitative estimate of drug-likeness (QED) is 0.859. The maximum Gasteiger partial charge on any atom is 0.315 e. The molecule has 1 atom stereocenters. The maximum atomic E-state index is 12.5. The molecule has 0 aromatic carbocycles. The van der Waals surface area contributed by atoms with Crippen LogP contribution < -0.4 is 5.32 Å². The lowest BCUT2D eigenvalue weighted by atomic mass is 9.99. The lowest BCUT2D eigenvalue weighted by molar-refractivity contribution is -0.145. The maximum absolute atomic E-state index is 12.5. The smallest absolute Gasteiger partial charge is 0.315 e. The van der Waals surface area contributed by atoms with E-state index in [1.165, 1.54) is 11.3 Å². The standard InChI is InChI=1S/C16H21N5O2S/c1-12-11-24-16(18-12)19-14(22)15(23)21-9-3-2-5-13(21)6-10-20-8-4-7-17-20/h4,7-8,11,13H,2-3,5-6,9-10H2,1H3,(H,18,19,22)/t13-/m1/s1. The number of nitrogens with zero attached hydrogens (tertiary/aromatic N) is 4. The average Bonchev–Trinajstić information content (AvgIpc) is 3.24. The van der Waals surface area contributed by atoms with Gasteiger partial charge in [0.15, 0.2) is 5.13 Å². The topological polar surface area (TPSA) is 80.1 Å². The van der Waals surface area contributed by atoms with Gasteiger partial charge in [0.1, 0.15) is 0 Å². The van der Waals surface area contributed by atoms with Gasteiger partial charge < -0.3 is 4.90 Å². The number of amides is 2. The zero-order valence-corrected chi connectivity index (χ0v) is 14.5. The Bertz CT molecular complexity index is 697. The molecule has 2 amide bonds.